The summed E-state index contributed by atoms with van der Waals surface area (Å²) in [7, 11) is 0. The predicted molar refractivity (Wildman–Crippen MR) is 93.2 cm³/mol. The van der Waals surface area contributed by atoms with E-state index >= 15 is 0 Å². The lowest BCUT2D eigenvalue weighted by Crippen LogP contribution is -2.41. The van der Waals surface area contributed by atoms with Crippen molar-refractivity contribution in [2.75, 3.05) is 13.1 Å². The number of carbonyl (C=O) groups excluding carboxylic acids is 1. The SMILES string of the molecule is O=C(O)C1CCN(C(=O)Cc2csc(-c3ccccc3Cl)n2)CC1. The van der Waals surface area contributed by atoms with Gasteiger partial charge in [-0.1, -0.05) is 29.8 Å². The summed E-state index contributed by atoms with van der Waals surface area (Å²) in [5.41, 5.74) is 1.59. The molecule has 1 aliphatic rings. The van der Waals surface area contributed by atoms with Crippen LogP contribution in [0.3, 0.4) is 0 Å². The van der Waals surface area contributed by atoms with Crippen LogP contribution in [0.1, 0.15) is 18.5 Å². The van der Waals surface area contributed by atoms with Gasteiger partial charge in [0.15, 0.2) is 0 Å². The fourth-order valence-electron chi connectivity index (χ4n) is 2.79. The first-order chi connectivity index (χ1) is 11.5. The number of carbonyl (C=O) groups is 2. The van der Waals surface area contributed by atoms with Gasteiger partial charge in [-0.15, -0.1) is 11.3 Å². The number of halogens is 1. The van der Waals surface area contributed by atoms with E-state index in [0.717, 1.165) is 16.3 Å². The number of benzene rings is 1. The molecule has 1 amide bonds. The third-order valence-corrected chi connectivity index (χ3v) is 5.44. The van der Waals surface area contributed by atoms with Crippen LogP contribution in [0.25, 0.3) is 10.6 Å². The zero-order valence-electron chi connectivity index (χ0n) is 12.9. The average Bonchev–Trinajstić information content (AvgIpc) is 3.03. The van der Waals surface area contributed by atoms with Crippen molar-refractivity contribution in [3.05, 3.63) is 40.4 Å². The Hall–Kier alpha value is -1.92. The second kappa shape index (κ2) is 7.32. The van der Waals surface area contributed by atoms with Crippen LogP contribution in [0.2, 0.25) is 5.02 Å². The van der Waals surface area contributed by atoms with Crippen molar-refractivity contribution in [1.82, 2.24) is 9.88 Å². The Kier molecular flexibility index (Phi) is 5.16. The van der Waals surface area contributed by atoms with Crippen LogP contribution in [0.5, 0.6) is 0 Å². The molecule has 0 atom stereocenters. The number of carboxylic acids is 1. The first-order valence-electron chi connectivity index (χ1n) is 7.74. The molecule has 1 N–H and O–H groups in total. The third kappa shape index (κ3) is 3.76. The van der Waals surface area contributed by atoms with Gasteiger partial charge in [0.25, 0.3) is 0 Å². The third-order valence-electron chi connectivity index (χ3n) is 4.19. The van der Waals surface area contributed by atoms with Gasteiger partial charge in [-0.25, -0.2) is 4.98 Å². The molecule has 7 heteroatoms. The molecular weight excluding hydrogens is 348 g/mol. The highest BCUT2D eigenvalue weighted by Gasteiger charge is 2.27. The summed E-state index contributed by atoms with van der Waals surface area (Å²) in [6.07, 6.45) is 1.27. The summed E-state index contributed by atoms with van der Waals surface area (Å²) in [5.74, 6) is -1.11. The Morgan fingerprint density at radius 1 is 1.29 bits per heavy atom. The number of aromatic nitrogens is 1. The highest BCUT2D eigenvalue weighted by Crippen LogP contribution is 2.30. The Bertz CT molecular complexity index is 754. The highest BCUT2D eigenvalue weighted by atomic mass is 35.5. The Morgan fingerprint density at radius 3 is 2.67 bits per heavy atom. The summed E-state index contributed by atoms with van der Waals surface area (Å²) in [5, 5.41) is 12.3. The molecule has 24 heavy (non-hydrogen) atoms. The number of carboxylic acid groups (broad SMARTS) is 1. The summed E-state index contributed by atoms with van der Waals surface area (Å²) < 4.78 is 0. The second-order valence-electron chi connectivity index (χ2n) is 5.79. The fraction of sp³-hybridized carbons (Fsp3) is 0.353. The van der Waals surface area contributed by atoms with Gasteiger partial charge in [0.05, 0.1) is 23.1 Å². The van der Waals surface area contributed by atoms with E-state index in [1.165, 1.54) is 11.3 Å². The quantitative estimate of drug-likeness (QED) is 0.903. The number of amides is 1. The minimum atomic E-state index is -0.772. The van der Waals surface area contributed by atoms with Gasteiger partial charge in [0, 0.05) is 24.0 Å². The van der Waals surface area contributed by atoms with Crippen molar-refractivity contribution in [3.8, 4) is 10.6 Å². The molecule has 0 radical (unpaired) electrons. The lowest BCUT2D eigenvalue weighted by atomic mass is 9.97. The van der Waals surface area contributed by atoms with Crippen LogP contribution in [-0.4, -0.2) is 40.0 Å². The molecule has 3 rings (SSSR count). The Balaban J connectivity index is 1.62. The zero-order valence-corrected chi connectivity index (χ0v) is 14.5. The lowest BCUT2D eigenvalue weighted by molar-refractivity contribution is -0.145. The maximum Gasteiger partial charge on any atom is 0.306 e. The predicted octanol–water partition coefficient (Wildman–Crippen LogP) is 3.33. The van der Waals surface area contributed by atoms with Crippen LogP contribution < -0.4 is 0 Å². The van der Waals surface area contributed by atoms with Gasteiger partial charge < -0.3 is 10.0 Å². The molecule has 5 nitrogen and oxygen atoms in total. The van der Waals surface area contributed by atoms with Gasteiger partial charge in [0.2, 0.25) is 5.91 Å². The Morgan fingerprint density at radius 2 is 2.00 bits per heavy atom. The minimum Gasteiger partial charge on any atom is -0.481 e. The number of hydrogen-bond donors (Lipinski definition) is 1. The van der Waals surface area contributed by atoms with E-state index < -0.39 is 5.97 Å². The molecule has 1 fully saturated rings. The van der Waals surface area contributed by atoms with Crippen molar-refractivity contribution < 1.29 is 14.7 Å². The number of aliphatic carboxylic acids is 1. The normalized spacial score (nSPS) is 15.5. The van der Waals surface area contributed by atoms with Gasteiger partial charge in [-0.2, -0.15) is 0 Å². The monoisotopic (exact) mass is 364 g/mol. The summed E-state index contributed by atoms with van der Waals surface area (Å²) in [4.78, 5) is 29.6. The van der Waals surface area contributed by atoms with E-state index in [1.807, 2.05) is 29.6 Å². The van der Waals surface area contributed by atoms with Gasteiger partial charge in [-0.3, -0.25) is 9.59 Å². The molecule has 2 heterocycles. The van der Waals surface area contributed by atoms with E-state index in [-0.39, 0.29) is 18.2 Å². The molecule has 0 aliphatic carbocycles. The topological polar surface area (TPSA) is 70.5 Å². The largest absolute Gasteiger partial charge is 0.481 e. The van der Waals surface area contributed by atoms with Gasteiger partial charge >= 0.3 is 5.97 Å². The molecule has 0 saturated carbocycles. The van der Waals surface area contributed by atoms with Crippen molar-refractivity contribution in [3.63, 3.8) is 0 Å². The van der Waals surface area contributed by atoms with Crippen molar-refractivity contribution in [2.45, 2.75) is 19.3 Å². The average molecular weight is 365 g/mol. The summed E-state index contributed by atoms with van der Waals surface area (Å²) in [6, 6.07) is 7.49. The number of rotatable bonds is 4. The fourth-order valence-corrected chi connectivity index (χ4v) is 3.93. The van der Waals surface area contributed by atoms with Crippen LogP contribution in [0, 0.1) is 5.92 Å². The van der Waals surface area contributed by atoms with E-state index in [4.69, 9.17) is 16.7 Å². The van der Waals surface area contributed by atoms with Gasteiger partial charge in [-0.05, 0) is 18.9 Å². The van der Waals surface area contributed by atoms with E-state index in [1.54, 1.807) is 4.90 Å². The standard InChI is InChI=1S/C17H17ClN2O3S/c18-14-4-2-1-3-13(14)16-19-12(10-24-16)9-15(21)20-7-5-11(6-8-20)17(22)23/h1-4,10-11H,5-9H2,(H,22,23). The van der Waals surface area contributed by atoms with Gasteiger partial charge in [0.1, 0.15) is 5.01 Å². The molecule has 1 aliphatic heterocycles. The number of piperidine rings is 1. The molecule has 0 bridgehead atoms. The molecule has 0 unspecified atom stereocenters. The van der Waals surface area contributed by atoms with E-state index in [0.29, 0.717) is 31.0 Å². The molecule has 0 spiro atoms. The summed E-state index contributed by atoms with van der Waals surface area (Å²) in [6.45, 7) is 0.995. The number of likely N-dealkylation sites (tertiary alicyclic amines) is 1. The zero-order chi connectivity index (χ0) is 17.1. The van der Waals surface area contributed by atoms with Crippen LogP contribution in [0.15, 0.2) is 29.6 Å². The maximum atomic E-state index is 12.4. The molecule has 126 valence electrons. The van der Waals surface area contributed by atoms with Crippen LogP contribution in [0.4, 0.5) is 0 Å². The van der Waals surface area contributed by atoms with Crippen LogP contribution in [-0.2, 0) is 16.0 Å². The number of nitrogens with zero attached hydrogens (tertiary/aromatic N) is 2. The Labute approximate surface area is 148 Å². The summed E-state index contributed by atoms with van der Waals surface area (Å²) >= 11 is 7.64. The van der Waals surface area contributed by atoms with Crippen molar-refractivity contribution in [2.24, 2.45) is 5.92 Å². The van der Waals surface area contributed by atoms with E-state index in [2.05, 4.69) is 4.98 Å². The van der Waals surface area contributed by atoms with Crippen LogP contribution >= 0.6 is 22.9 Å². The van der Waals surface area contributed by atoms with Crippen molar-refractivity contribution >= 4 is 34.8 Å². The first-order valence-corrected chi connectivity index (χ1v) is 9.00. The van der Waals surface area contributed by atoms with E-state index in [9.17, 15) is 9.59 Å². The lowest BCUT2D eigenvalue weighted by Gasteiger charge is -2.30. The molecular formula is C17H17ClN2O3S. The van der Waals surface area contributed by atoms with Crippen molar-refractivity contribution in [1.29, 1.82) is 0 Å². The molecule has 2 aromatic rings. The first kappa shape index (κ1) is 16.9. The molecule has 1 aromatic carbocycles. The smallest absolute Gasteiger partial charge is 0.306 e. The maximum absolute atomic E-state index is 12.4. The second-order valence-corrected chi connectivity index (χ2v) is 7.06. The number of thiazole rings is 1. The molecule has 1 saturated heterocycles. The highest BCUT2D eigenvalue weighted by molar-refractivity contribution is 7.13. The minimum absolute atomic E-state index is 0.00477. The number of hydrogen-bond acceptors (Lipinski definition) is 4. The molecule has 1 aromatic heterocycles.